The summed E-state index contributed by atoms with van der Waals surface area (Å²) in [6.45, 7) is 7.41. The average molecular weight is 664 g/mol. The number of alkyl halides is 1. The molecule has 2 heterocycles. The molecule has 46 heavy (non-hydrogen) atoms. The normalized spacial score (nSPS) is 21.3. The quantitative estimate of drug-likeness (QED) is 0.0807. The summed E-state index contributed by atoms with van der Waals surface area (Å²) in [5.74, 6) is -0.618. The van der Waals surface area contributed by atoms with Crippen LogP contribution in [-0.4, -0.2) is 92.9 Å². The van der Waals surface area contributed by atoms with E-state index in [9.17, 15) is 14.4 Å². The van der Waals surface area contributed by atoms with Crippen molar-refractivity contribution >= 4 is 35.1 Å². The summed E-state index contributed by atoms with van der Waals surface area (Å²) >= 11 is 5.73. The van der Waals surface area contributed by atoms with E-state index in [2.05, 4.69) is 10.5 Å². The molecule has 3 rings (SSSR count). The summed E-state index contributed by atoms with van der Waals surface area (Å²) in [5.41, 5.74) is 1.09. The lowest BCUT2D eigenvalue weighted by molar-refractivity contribution is -0.137. The number of allylic oxidation sites excluding steroid dienone is 1. The van der Waals surface area contributed by atoms with Crippen LogP contribution in [0.2, 0.25) is 0 Å². The maximum atomic E-state index is 13.7. The van der Waals surface area contributed by atoms with Gasteiger partial charge in [0.2, 0.25) is 5.91 Å². The van der Waals surface area contributed by atoms with Crippen molar-refractivity contribution in [2.24, 2.45) is 5.16 Å². The number of carbonyl (C=O) groups is 3. The van der Waals surface area contributed by atoms with Gasteiger partial charge in [-0.1, -0.05) is 23.4 Å². The highest BCUT2D eigenvalue weighted by atomic mass is 35.5. The number of piperidine rings is 1. The van der Waals surface area contributed by atoms with Crippen LogP contribution < -0.4 is 14.8 Å². The van der Waals surface area contributed by atoms with Crippen LogP contribution in [0.1, 0.15) is 68.8 Å². The maximum Gasteiger partial charge on any atom is 0.342 e. The van der Waals surface area contributed by atoms with Gasteiger partial charge in [-0.3, -0.25) is 9.59 Å². The van der Waals surface area contributed by atoms with Crippen LogP contribution in [0, 0.1) is 0 Å². The van der Waals surface area contributed by atoms with Crippen molar-refractivity contribution in [2.75, 3.05) is 52.4 Å². The number of carbonyl (C=O) groups excluding carboxylic acids is 3. The number of likely N-dealkylation sites (tertiary alicyclic amines) is 1. The van der Waals surface area contributed by atoms with Gasteiger partial charge >= 0.3 is 5.97 Å². The van der Waals surface area contributed by atoms with Crippen molar-refractivity contribution < 1.29 is 42.9 Å². The molecule has 0 aliphatic carbocycles. The molecule has 2 aliphatic heterocycles. The first-order valence-corrected chi connectivity index (χ1v) is 16.3. The van der Waals surface area contributed by atoms with Gasteiger partial charge in [0.25, 0.3) is 5.91 Å². The van der Waals surface area contributed by atoms with Crippen LogP contribution in [0.4, 0.5) is 0 Å². The molecule has 0 radical (unpaired) electrons. The van der Waals surface area contributed by atoms with Crippen molar-refractivity contribution in [2.45, 2.75) is 71.4 Å². The largest absolute Gasteiger partial charge is 0.467 e. The molecule has 2 aliphatic rings. The molecule has 2 amide bonds. The van der Waals surface area contributed by atoms with Crippen LogP contribution in [0.3, 0.4) is 0 Å². The summed E-state index contributed by atoms with van der Waals surface area (Å²) < 4.78 is 28.3. The highest BCUT2D eigenvalue weighted by molar-refractivity contribution is 6.27. The molecule has 0 saturated carbocycles. The summed E-state index contributed by atoms with van der Waals surface area (Å²) in [6.07, 6.45) is 10.7. The second-order valence-corrected chi connectivity index (χ2v) is 11.0. The molecule has 1 aromatic rings. The second kappa shape index (κ2) is 20.5. The van der Waals surface area contributed by atoms with E-state index in [1.165, 1.54) is 0 Å². The number of fused-ring (bicyclic) bond motifs is 1. The monoisotopic (exact) mass is 663 g/mol. The second-order valence-electron chi connectivity index (χ2n) is 10.8. The van der Waals surface area contributed by atoms with E-state index >= 15 is 0 Å². The number of amides is 2. The molecule has 0 bridgehead atoms. The fourth-order valence-electron chi connectivity index (χ4n) is 4.82. The number of benzene rings is 1. The first kappa shape index (κ1) is 36.9. The Kier molecular flexibility index (Phi) is 16.4. The van der Waals surface area contributed by atoms with E-state index in [0.717, 1.165) is 19.3 Å². The van der Waals surface area contributed by atoms with Gasteiger partial charge in [-0.25, -0.2) is 4.79 Å². The Balaban J connectivity index is 2.02. The van der Waals surface area contributed by atoms with Gasteiger partial charge in [0, 0.05) is 45.2 Å². The zero-order valence-corrected chi connectivity index (χ0v) is 27.7. The Morgan fingerprint density at radius 3 is 2.50 bits per heavy atom. The number of esters is 1. The Labute approximate surface area is 276 Å². The Bertz CT molecular complexity index is 1230. The molecule has 254 valence electrons. The number of nitrogens with zero attached hydrogens (tertiary/aromatic N) is 2. The summed E-state index contributed by atoms with van der Waals surface area (Å²) in [6, 6.07) is 2.93. The van der Waals surface area contributed by atoms with Gasteiger partial charge in [0.05, 0.1) is 11.8 Å². The number of oxime groups is 1. The van der Waals surface area contributed by atoms with Crippen LogP contribution in [0.5, 0.6) is 11.5 Å². The van der Waals surface area contributed by atoms with E-state index in [0.29, 0.717) is 56.2 Å². The van der Waals surface area contributed by atoms with Crippen molar-refractivity contribution in [1.82, 2.24) is 10.2 Å². The summed E-state index contributed by atoms with van der Waals surface area (Å²) in [5, 5.41) is 7.18. The molecule has 0 spiro atoms. The Morgan fingerprint density at radius 1 is 1.04 bits per heavy atom. The van der Waals surface area contributed by atoms with E-state index in [1.807, 2.05) is 32.1 Å². The van der Waals surface area contributed by atoms with E-state index < -0.39 is 12.1 Å². The van der Waals surface area contributed by atoms with Gasteiger partial charge in [-0.2, -0.15) is 0 Å². The van der Waals surface area contributed by atoms with Gasteiger partial charge in [0.1, 0.15) is 29.0 Å². The van der Waals surface area contributed by atoms with E-state index in [-0.39, 0.29) is 61.7 Å². The number of hydrogen-bond acceptors (Lipinski definition) is 10. The standard InChI is InChI=1S/C33H46ClN3O9/c1-4-41-22-43-28-18-25-17-27(36-45-21-31(39)37-15-7-6-8-16-37)14-10-13-26(35-30(38)20-34)12-9-11-24(3)46-33(40)32(25)29(19-28)44-23-42-5-2/h9-10,12,14,18-19,24,26H,4-8,11,13,15-17,20-23H2,1-3H3,(H,35,38)/b12-9+,14-10+,36-27?/t24-,26+/m1/s1. The summed E-state index contributed by atoms with van der Waals surface area (Å²) in [7, 11) is 0. The predicted octanol–water partition coefficient (Wildman–Crippen LogP) is 4.53. The molecular formula is C33H46ClN3O9. The minimum atomic E-state index is -0.604. The minimum Gasteiger partial charge on any atom is -0.467 e. The zero-order valence-electron chi connectivity index (χ0n) is 27.0. The fourth-order valence-corrected chi connectivity index (χ4v) is 4.90. The number of hydrogen-bond donors (Lipinski definition) is 1. The zero-order chi connectivity index (χ0) is 33.1. The topological polar surface area (TPSA) is 134 Å². The molecule has 1 aromatic carbocycles. The number of rotatable bonds is 13. The van der Waals surface area contributed by atoms with Crippen molar-refractivity contribution in [1.29, 1.82) is 0 Å². The lowest BCUT2D eigenvalue weighted by Crippen LogP contribution is -2.37. The van der Waals surface area contributed by atoms with Crippen molar-refractivity contribution in [3.8, 4) is 11.5 Å². The molecule has 1 N–H and O–H groups in total. The molecule has 1 fully saturated rings. The third kappa shape index (κ3) is 12.6. The third-order valence-corrected chi connectivity index (χ3v) is 7.38. The van der Waals surface area contributed by atoms with E-state index in [4.69, 9.17) is 40.1 Å². The molecular weight excluding hydrogens is 618 g/mol. The summed E-state index contributed by atoms with van der Waals surface area (Å²) in [4.78, 5) is 45.9. The molecule has 13 heteroatoms. The van der Waals surface area contributed by atoms with Gasteiger partial charge in [-0.05, 0) is 64.2 Å². The third-order valence-electron chi connectivity index (χ3n) is 7.14. The molecule has 12 nitrogen and oxygen atoms in total. The lowest BCUT2D eigenvalue weighted by atomic mass is 9.99. The van der Waals surface area contributed by atoms with Gasteiger partial charge < -0.3 is 38.7 Å². The maximum absolute atomic E-state index is 13.7. The Hall–Kier alpha value is -3.61. The molecule has 0 aromatic heterocycles. The smallest absolute Gasteiger partial charge is 0.342 e. The van der Waals surface area contributed by atoms with Crippen LogP contribution in [0.15, 0.2) is 41.6 Å². The average Bonchev–Trinajstić information content (AvgIpc) is 3.04. The first-order valence-electron chi connectivity index (χ1n) is 15.8. The molecule has 1 saturated heterocycles. The fraction of sp³-hybridized carbons (Fsp3) is 0.576. The molecule has 0 unspecified atom stereocenters. The first-order chi connectivity index (χ1) is 22.3. The van der Waals surface area contributed by atoms with Crippen molar-refractivity contribution in [3.63, 3.8) is 0 Å². The minimum absolute atomic E-state index is 0.00795. The number of ether oxygens (including phenoxy) is 5. The number of halogens is 1. The Morgan fingerprint density at radius 2 is 1.78 bits per heavy atom. The predicted molar refractivity (Wildman–Crippen MR) is 173 cm³/mol. The van der Waals surface area contributed by atoms with Crippen LogP contribution in [-0.2, 0) is 35.1 Å². The van der Waals surface area contributed by atoms with Gasteiger partial charge in [-0.15, -0.1) is 11.6 Å². The molecule has 2 atom stereocenters. The lowest BCUT2D eigenvalue weighted by Gasteiger charge is -2.26. The number of cyclic esters (lactones) is 1. The van der Waals surface area contributed by atoms with E-state index in [1.54, 1.807) is 30.0 Å². The number of nitrogens with one attached hydrogen (secondary N) is 1. The van der Waals surface area contributed by atoms with Crippen LogP contribution >= 0.6 is 11.6 Å². The van der Waals surface area contributed by atoms with Crippen LogP contribution in [0.25, 0.3) is 0 Å². The highest BCUT2D eigenvalue weighted by Crippen LogP contribution is 2.32. The highest BCUT2D eigenvalue weighted by Gasteiger charge is 2.25. The van der Waals surface area contributed by atoms with Gasteiger partial charge in [0.15, 0.2) is 20.2 Å². The van der Waals surface area contributed by atoms with Crippen molar-refractivity contribution in [3.05, 3.63) is 47.6 Å². The SMILES string of the molecule is CCOCOc1cc2c(c(OCOCC)c1)C(=O)O[C@H](C)C/C=C/[C@H](NC(=O)CCl)C/C=C/C(=NOCC(=O)N1CCCCC1)C2.